The second-order valence-corrected chi connectivity index (χ2v) is 4.06. The highest BCUT2D eigenvalue weighted by molar-refractivity contribution is 5.84. The molecule has 0 spiro atoms. The number of carboxylic acid groups (broad SMARTS) is 1. The van der Waals surface area contributed by atoms with Gasteiger partial charge in [0, 0.05) is 13.1 Å². The van der Waals surface area contributed by atoms with Crippen LogP contribution in [0, 0.1) is 0 Å². The SMILES string of the molecule is CNc1nnc(C(=O)O)n1C1CCCCC1. The molecule has 1 aliphatic rings. The lowest BCUT2D eigenvalue weighted by atomic mass is 9.95. The monoisotopic (exact) mass is 224 g/mol. The van der Waals surface area contributed by atoms with Crippen LogP contribution in [0.4, 0.5) is 5.95 Å². The van der Waals surface area contributed by atoms with E-state index in [0.29, 0.717) is 5.95 Å². The van der Waals surface area contributed by atoms with Crippen LogP contribution >= 0.6 is 0 Å². The van der Waals surface area contributed by atoms with Crippen molar-refractivity contribution in [1.29, 1.82) is 0 Å². The van der Waals surface area contributed by atoms with Crippen LogP contribution in [0.3, 0.4) is 0 Å². The number of nitrogens with zero attached hydrogens (tertiary/aromatic N) is 3. The predicted molar refractivity (Wildman–Crippen MR) is 58.7 cm³/mol. The van der Waals surface area contributed by atoms with E-state index in [1.54, 1.807) is 11.6 Å². The Hall–Kier alpha value is -1.59. The van der Waals surface area contributed by atoms with Crippen LogP contribution < -0.4 is 5.32 Å². The van der Waals surface area contributed by atoms with Crippen LogP contribution in [-0.4, -0.2) is 32.9 Å². The highest BCUT2D eigenvalue weighted by Gasteiger charge is 2.25. The Balaban J connectivity index is 2.34. The van der Waals surface area contributed by atoms with E-state index >= 15 is 0 Å². The van der Waals surface area contributed by atoms with Crippen LogP contribution in [0.5, 0.6) is 0 Å². The van der Waals surface area contributed by atoms with Gasteiger partial charge in [0.25, 0.3) is 0 Å². The summed E-state index contributed by atoms with van der Waals surface area (Å²) in [6.07, 6.45) is 5.53. The van der Waals surface area contributed by atoms with Crippen molar-refractivity contribution in [2.75, 3.05) is 12.4 Å². The molecular formula is C10H16N4O2. The van der Waals surface area contributed by atoms with Crippen LogP contribution in [-0.2, 0) is 0 Å². The Bertz CT molecular complexity index is 382. The van der Waals surface area contributed by atoms with Gasteiger partial charge in [-0.1, -0.05) is 19.3 Å². The number of carboxylic acids is 1. The maximum atomic E-state index is 11.0. The fourth-order valence-electron chi connectivity index (χ4n) is 2.29. The quantitative estimate of drug-likeness (QED) is 0.813. The number of hydrogen-bond donors (Lipinski definition) is 2. The molecule has 2 rings (SSSR count). The zero-order valence-corrected chi connectivity index (χ0v) is 9.31. The fraction of sp³-hybridized carbons (Fsp3) is 0.700. The first-order valence-corrected chi connectivity index (χ1v) is 5.60. The summed E-state index contributed by atoms with van der Waals surface area (Å²) in [6, 6.07) is 0.220. The van der Waals surface area contributed by atoms with Gasteiger partial charge in [-0.05, 0) is 12.8 Å². The number of anilines is 1. The Kier molecular flexibility index (Phi) is 3.07. The average Bonchev–Trinajstić information content (AvgIpc) is 2.73. The number of aromatic nitrogens is 3. The minimum atomic E-state index is -1.01. The summed E-state index contributed by atoms with van der Waals surface area (Å²) in [6.45, 7) is 0. The third-order valence-electron chi connectivity index (χ3n) is 3.05. The summed E-state index contributed by atoms with van der Waals surface area (Å²) in [7, 11) is 1.73. The second-order valence-electron chi connectivity index (χ2n) is 4.06. The minimum Gasteiger partial charge on any atom is -0.475 e. The Morgan fingerprint density at radius 3 is 2.62 bits per heavy atom. The molecule has 88 valence electrons. The largest absolute Gasteiger partial charge is 0.475 e. The Labute approximate surface area is 93.7 Å². The van der Waals surface area contributed by atoms with Crippen molar-refractivity contribution in [2.24, 2.45) is 0 Å². The summed E-state index contributed by atoms with van der Waals surface area (Å²) in [5.74, 6) is -0.430. The molecule has 1 aromatic rings. The zero-order chi connectivity index (χ0) is 11.5. The first-order valence-electron chi connectivity index (χ1n) is 5.60. The van der Waals surface area contributed by atoms with Gasteiger partial charge in [-0.2, -0.15) is 0 Å². The third-order valence-corrected chi connectivity index (χ3v) is 3.05. The molecule has 6 heteroatoms. The molecule has 0 unspecified atom stereocenters. The van der Waals surface area contributed by atoms with Gasteiger partial charge in [0.05, 0.1) is 0 Å². The molecule has 0 aromatic carbocycles. The highest BCUT2D eigenvalue weighted by Crippen LogP contribution is 2.31. The maximum absolute atomic E-state index is 11.0. The molecule has 6 nitrogen and oxygen atoms in total. The van der Waals surface area contributed by atoms with E-state index in [0.717, 1.165) is 25.7 Å². The number of hydrogen-bond acceptors (Lipinski definition) is 4. The van der Waals surface area contributed by atoms with Crippen LogP contribution in [0.2, 0.25) is 0 Å². The topological polar surface area (TPSA) is 80.0 Å². The lowest BCUT2D eigenvalue weighted by Gasteiger charge is -2.24. The zero-order valence-electron chi connectivity index (χ0n) is 9.31. The van der Waals surface area contributed by atoms with Crippen LogP contribution in [0.1, 0.15) is 48.8 Å². The first-order chi connectivity index (χ1) is 7.74. The molecule has 0 amide bonds. The Morgan fingerprint density at radius 2 is 2.06 bits per heavy atom. The molecule has 0 aliphatic heterocycles. The van der Waals surface area contributed by atoms with Crippen molar-refractivity contribution in [3.05, 3.63) is 5.82 Å². The highest BCUT2D eigenvalue weighted by atomic mass is 16.4. The van der Waals surface area contributed by atoms with Crippen molar-refractivity contribution >= 4 is 11.9 Å². The van der Waals surface area contributed by atoms with Crippen LogP contribution in [0.15, 0.2) is 0 Å². The number of carbonyl (C=O) groups is 1. The third kappa shape index (κ3) is 1.87. The van der Waals surface area contributed by atoms with Gasteiger partial charge in [0.2, 0.25) is 11.8 Å². The van der Waals surface area contributed by atoms with Crippen molar-refractivity contribution in [2.45, 2.75) is 38.1 Å². The van der Waals surface area contributed by atoms with Gasteiger partial charge in [0.15, 0.2) is 0 Å². The standard InChI is InChI=1S/C10H16N4O2/c1-11-10-13-12-8(9(15)16)14(10)7-5-3-2-4-6-7/h7H,2-6H2,1H3,(H,11,13)(H,15,16). The number of rotatable bonds is 3. The predicted octanol–water partition coefficient (Wildman–Crippen LogP) is 1.52. The summed E-state index contributed by atoms with van der Waals surface area (Å²) < 4.78 is 1.72. The maximum Gasteiger partial charge on any atom is 0.374 e. The molecule has 0 saturated heterocycles. The van der Waals surface area contributed by atoms with E-state index in [4.69, 9.17) is 5.11 Å². The van der Waals surface area contributed by atoms with E-state index < -0.39 is 5.97 Å². The summed E-state index contributed by atoms with van der Waals surface area (Å²) in [5, 5.41) is 19.5. The lowest BCUT2D eigenvalue weighted by Crippen LogP contribution is -2.19. The van der Waals surface area contributed by atoms with Crippen molar-refractivity contribution in [1.82, 2.24) is 14.8 Å². The molecule has 1 heterocycles. The summed E-state index contributed by atoms with van der Waals surface area (Å²) in [4.78, 5) is 11.0. The van der Waals surface area contributed by atoms with Gasteiger partial charge >= 0.3 is 5.97 Å². The van der Waals surface area contributed by atoms with E-state index in [1.165, 1.54) is 6.42 Å². The van der Waals surface area contributed by atoms with E-state index in [2.05, 4.69) is 15.5 Å². The van der Waals surface area contributed by atoms with Gasteiger partial charge in [0.1, 0.15) is 0 Å². The molecule has 16 heavy (non-hydrogen) atoms. The fourth-order valence-corrected chi connectivity index (χ4v) is 2.29. The average molecular weight is 224 g/mol. The van der Waals surface area contributed by atoms with Gasteiger partial charge in [-0.15, -0.1) is 10.2 Å². The molecule has 1 aromatic heterocycles. The molecule has 1 saturated carbocycles. The molecule has 0 atom stereocenters. The number of aromatic carboxylic acids is 1. The lowest BCUT2D eigenvalue weighted by molar-refractivity contribution is 0.0673. The summed E-state index contributed by atoms with van der Waals surface area (Å²) >= 11 is 0. The normalized spacial score (nSPS) is 17.3. The smallest absolute Gasteiger partial charge is 0.374 e. The molecule has 2 N–H and O–H groups in total. The van der Waals surface area contributed by atoms with Crippen molar-refractivity contribution in [3.8, 4) is 0 Å². The summed E-state index contributed by atoms with van der Waals surface area (Å²) in [5.41, 5.74) is 0. The molecule has 0 bridgehead atoms. The molecule has 0 radical (unpaired) electrons. The Morgan fingerprint density at radius 1 is 1.38 bits per heavy atom. The first kappa shape index (κ1) is 10.9. The van der Waals surface area contributed by atoms with Gasteiger partial charge in [-0.25, -0.2) is 4.79 Å². The van der Waals surface area contributed by atoms with Gasteiger partial charge < -0.3 is 10.4 Å². The molecular weight excluding hydrogens is 208 g/mol. The van der Waals surface area contributed by atoms with E-state index in [-0.39, 0.29) is 11.9 Å². The molecule has 1 aliphatic carbocycles. The van der Waals surface area contributed by atoms with E-state index in [1.807, 2.05) is 0 Å². The van der Waals surface area contributed by atoms with Crippen molar-refractivity contribution < 1.29 is 9.90 Å². The minimum absolute atomic E-state index is 0.0382. The van der Waals surface area contributed by atoms with Crippen LogP contribution in [0.25, 0.3) is 0 Å². The van der Waals surface area contributed by atoms with Crippen molar-refractivity contribution in [3.63, 3.8) is 0 Å². The molecule has 1 fully saturated rings. The van der Waals surface area contributed by atoms with Gasteiger partial charge in [-0.3, -0.25) is 4.57 Å². The van der Waals surface area contributed by atoms with E-state index in [9.17, 15) is 4.79 Å². The second kappa shape index (κ2) is 4.51. The number of nitrogens with one attached hydrogen (secondary N) is 1.